The summed E-state index contributed by atoms with van der Waals surface area (Å²) in [6.07, 6.45) is -1.79. The first-order valence-corrected chi connectivity index (χ1v) is 9.60. The molecule has 0 saturated carbocycles. The van der Waals surface area contributed by atoms with E-state index in [0.29, 0.717) is 37.6 Å². The van der Waals surface area contributed by atoms with E-state index in [1.54, 1.807) is 24.0 Å². The molecule has 2 aromatic heterocycles. The summed E-state index contributed by atoms with van der Waals surface area (Å²) in [6.45, 7) is 2.53. The summed E-state index contributed by atoms with van der Waals surface area (Å²) in [4.78, 5) is 36.0. The Morgan fingerprint density at radius 3 is 2.23 bits per heavy atom. The number of esters is 1. The number of carbonyl (C=O) groups excluding carboxylic acids is 2. The van der Waals surface area contributed by atoms with Gasteiger partial charge in [0, 0.05) is 44.6 Å². The predicted molar refractivity (Wildman–Crippen MR) is 104 cm³/mol. The molecule has 0 N–H and O–H groups in total. The molecule has 166 valence electrons. The van der Waals surface area contributed by atoms with Crippen LogP contribution in [0, 0.1) is 0 Å². The van der Waals surface area contributed by atoms with Gasteiger partial charge in [-0.05, 0) is 25.1 Å². The average molecular weight is 438 g/mol. The van der Waals surface area contributed by atoms with Crippen molar-refractivity contribution in [3.8, 4) is 5.88 Å². The fourth-order valence-electron chi connectivity index (χ4n) is 2.98. The number of rotatable bonds is 6. The average Bonchev–Trinajstić information content (AvgIpc) is 2.77. The van der Waals surface area contributed by atoms with E-state index in [1.807, 2.05) is 4.90 Å². The number of anilines is 1. The smallest absolute Gasteiger partial charge is 0.422 e. The van der Waals surface area contributed by atoms with Crippen molar-refractivity contribution < 1.29 is 32.2 Å². The normalized spacial score (nSPS) is 14.3. The van der Waals surface area contributed by atoms with Crippen molar-refractivity contribution in [2.45, 2.75) is 13.1 Å². The molecule has 1 aliphatic rings. The van der Waals surface area contributed by atoms with Crippen LogP contribution in [-0.4, -0.2) is 72.3 Å². The number of ether oxygens (including phenoxy) is 2. The molecule has 11 heteroatoms. The Morgan fingerprint density at radius 2 is 1.68 bits per heavy atom. The Bertz CT molecular complexity index is 896. The SMILES string of the molecule is CCOC(=O)c1ccc(N2CCN(C(=O)c3ccc(OCC(F)(F)F)nc3)CC2)nc1. The third-order valence-corrected chi connectivity index (χ3v) is 4.52. The highest BCUT2D eigenvalue weighted by molar-refractivity contribution is 5.94. The van der Waals surface area contributed by atoms with Crippen LogP contribution in [0.3, 0.4) is 0 Å². The van der Waals surface area contributed by atoms with Crippen molar-refractivity contribution in [3.05, 3.63) is 47.8 Å². The second-order valence-electron chi connectivity index (χ2n) is 6.69. The molecule has 0 atom stereocenters. The van der Waals surface area contributed by atoms with Gasteiger partial charge in [-0.3, -0.25) is 4.79 Å². The van der Waals surface area contributed by atoms with Crippen LogP contribution in [0.15, 0.2) is 36.7 Å². The standard InChI is InChI=1S/C20H21F3N4O4/c1-2-30-19(29)15-3-5-16(24-12-15)26-7-9-27(10-8-26)18(28)14-4-6-17(25-11-14)31-13-20(21,22)23/h3-6,11-12H,2,7-10,13H2,1H3. The van der Waals surface area contributed by atoms with Crippen LogP contribution in [0.5, 0.6) is 5.88 Å². The van der Waals surface area contributed by atoms with Gasteiger partial charge >= 0.3 is 12.1 Å². The maximum atomic E-state index is 12.6. The van der Waals surface area contributed by atoms with Crippen LogP contribution in [0.2, 0.25) is 0 Å². The minimum atomic E-state index is -4.45. The summed E-state index contributed by atoms with van der Waals surface area (Å²) in [5.41, 5.74) is 0.638. The fourth-order valence-corrected chi connectivity index (χ4v) is 2.98. The number of aromatic nitrogens is 2. The molecule has 2 aromatic rings. The molecule has 31 heavy (non-hydrogen) atoms. The first-order chi connectivity index (χ1) is 14.8. The zero-order chi connectivity index (χ0) is 22.4. The number of hydrogen-bond acceptors (Lipinski definition) is 7. The van der Waals surface area contributed by atoms with Crippen molar-refractivity contribution in [1.82, 2.24) is 14.9 Å². The molecule has 0 radical (unpaired) electrons. The monoisotopic (exact) mass is 438 g/mol. The van der Waals surface area contributed by atoms with Crippen molar-refractivity contribution in [2.75, 3.05) is 44.3 Å². The summed E-state index contributed by atoms with van der Waals surface area (Å²) in [5.74, 6) is -0.204. The fraction of sp³-hybridized carbons (Fsp3) is 0.400. The lowest BCUT2D eigenvalue weighted by Crippen LogP contribution is -2.49. The van der Waals surface area contributed by atoms with Crippen LogP contribution >= 0.6 is 0 Å². The third kappa shape index (κ3) is 6.06. The number of alkyl halides is 3. The van der Waals surface area contributed by atoms with Gasteiger partial charge < -0.3 is 19.3 Å². The molecule has 0 spiro atoms. The molecule has 0 aromatic carbocycles. The topological polar surface area (TPSA) is 84.9 Å². The van der Waals surface area contributed by atoms with E-state index in [1.165, 1.54) is 24.5 Å². The van der Waals surface area contributed by atoms with Crippen LogP contribution < -0.4 is 9.64 Å². The Labute approximate surface area is 176 Å². The molecular formula is C20H21F3N4O4. The van der Waals surface area contributed by atoms with Gasteiger partial charge in [0.2, 0.25) is 5.88 Å². The quantitative estimate of drug-likeness (QED) is 0.641. The van der Waals surface area contributed by atoms with E-state index in [0.717, 1.165) is 0 Å². The zero-order valence-electron chi connectivity index (χ0n) is 16.8. The summed E-state index contributed by atoms with van der Waals surface area (Å²) in [5, 5.41) is 0. The highest BCUT2D eigenvalue weighted by Gasteiger charge is 2.29. The van der Waals surface area contributed by atoms with Crippen molar-refractivity contribution >= 4 is 17.7 Å². The van der Waals surface area contributed by atoms with Crippen LogP contribution in [-0.2, 0) is 4.74 Å². The van der Waals surface area contributed by atoms with Gasteiger partial charge in [0.1, 0.15) is 5.82 Å². The lowest BCUT2D eigenvalue weighted by atomic mass is 10.2. The van der Waals surface area contributed by atoms with Gasteiger partial charge in [-0.2, -0.15) is 13.2 Å². The van der Waals surface area contributed by atoms with E-state index < -0.39 is 18.8 Å². The second kappa shape index (κ2) is 9.63. The highest BCUT2D eigenvalue weighted by atomic mass is 19.4. The highest BCUT2D eigenvalue weighted by Crippen LogP contribution is 2.19. The molecule has 1 amide bonds. The van der Waals surface area contributed by atoms with Crippen molar-refractivity contribution in [2.24, 2.45) is 0 Å². The zero-order valence-corrected chi connectivity index (χ0v) is 16.8. The molecule has 1 saturated heterocycles. The van der Waals surface area contributed by atoms with Gasteiger partial charge in [-0.15, -0.1) is 0 Å². The Morgan fingerprint density at radius 1 is 1.00 bits per heavy atom. The van der Waals surface area contributed by atoms with E-state index >= 15 is 0 Å². The van der Waals surface area contributed by atoms with Crippen molar-refractivity contribution in [1.29, 1.82) is 0 Å². The number of halogens is 3. The van der Waals surface area contributed by atoms with Crippen LogP contribution in [0.4, 0.5) is 19.0 Å². The van der Waals surface area contributed by atoms with Crippen LogP contribution in [0.25, 0.3) is 0 Å². The van der Waals surface area contributed by atoms with E-state index in [9.17, 15) is 22.8 Å². The van der Waals surface area contributed by atoms with E-state index in [2.05, 4.69) is 14.7 Å². The molecule has 8 nitrogen and oxygen atoms in total. The lowest BCUT2D eigenvalue weighted by Gasteiger charge is -2.35. The van der Waals surface area contributed by atoms with Gasteiger partial charge in [-0.1, -0.05) is 0 Å². The van der Waals surface area contributed by atoms with Crippen LogP contribution in [0.1, 0.15) is 27.6 Å². The number of hydrogen-bond donors (Lipinski definition) is 0. The predicted octanol–water partition coefficient (Wildman–Crippen LogP) is 2.56. The first kappa shape index (κ1) is 22.3. The first-order valence-electron chi connectivity index (χ1n) is 9.60. The molecule has 3 rings (SSSR count). The van der Waals surface area contributed by atoms with Gasteiger partial charge in [0.15, 0.2) is 6.61 Å². The maximum absolute atomic E-state index is 12.6. The summed E-state index contributed by atoms with van der Waals surface area (Å²) in [6, 6.07) is 6.01. The molecule has 0 unspecified atom stereocenters. The number of piperazine rings is 1. The molecule has 1 aliphatic heterocycles. The summed E-state index contributed by atoms with van der Waals surface area (Å²) in [7, 11) is 0. The third-order valence-electron chi connectivity index (χ3n) is 4.52. The largest absolute Gasteiger partial charge is 0.468 e. The number of nitrogens with zero attached hydrogens (tertiary/aromatic N) is 4. The summed E-state index contributed by atoms with van der Waals surface area (Å²) >= 11 is 0. The van der Waals surface area contributed by atoms with Gasteiger partial charge in [0.05, 0.1) is 17.7 Å². The van der Waals surface area contributed by atoms with Gasteiger partial charge in [-0.25, -0.2) is 14.8 Å². The molecule has 0 aliphatic carbocycles. The number of amides is 1. The minimum Gasteiger partial charge on any atom is -0.468 e. The van der Waals surface area contributed by atoms with Gasteiger partial charge in [0.25, 0.3) is 5.91 Å². The Balaban J connectivity index is 1.53. The maximum Gasteiger partial charge on any atom is 0.422 e. The summed E-state index contributed by atoms with van der Waals surface area (Å²) < 4.78 is 46.0. The Kier molecular flexibility index (Phi) is 6.93. The Hall–Kier alpha value is -3.37. The molecule has 0 bridgehead atoms. The lowest BCUT2D eigenvalue weighted by molar-refractivity contribution is -0.154. The second-order valence-corrected chi connectivity index (χ2v) is 6.69. The van der Waals surface area contributed by atoms with E-state index in [4.69, 9.17) is 4.74 Å². The van der Waals surface area contributed by atoms with E-state index in [-0.39, 0.29) is 24.0 Å². The molecule has 1 fully saturated rings. The number of carbonyl (C=O) groups is 2. The minimum absolute atomic E-state index is 0.198. The molecular weight excluding hydrogens is 417 g/mol. The van der Waals surface area contributed by atoms with Crippen molar-refractivity contribution in [3.63, 3.8) is 0 Å². The number of pyridine rings is 2. The molecule has 3 heterocycles.